The van der Waals surface area contributed by atoms with E-state index < -0.39 is 0 Å². The SMILES string of the molecule is CNCC(OCC1CCCCC1)c1ccccc1OC. The van der Waals surface area contributed by atoms with Gasteiger partial charge >= 0.3 is 0 Å². The zero-order chi connectivity index (χ0) is 14.2. The highest BCUT2D eigenvalue weighted by molar-refractivity contribution is 5.35. The first-order valence-corrected chi connectivity index (χ1v) is 7.74. The molecule has 0 aromatic heterocycles. The summed E-state index contributed by atoms with van der Waals surface area (Å²) in [4.78, 5) is 0. The van der Waals surface area contributed by atoms with Gasteiger partial charge in [-0.25, -0.2) is 0 Å². The molecule has 1 saturated carbocycles. The highest BCUT2D eigenvalue weighted by Gasteiger charge is 2.19. The van der Waals surface area contributed by atoms with E-state index in [1.165, 1.54) is 32.1 Å². The van der Waals surface area contributed by atoms with Crippen LogP contribution in [-0.4, -0.2) is 27.3 Å². The Balaban J connectivity index is 1.98. The van der Waals surface area contributed by atoms with Gasteiger partial charge in [0.25, 0.3) is 0 Å². The zero-order valence-corrected chi connectivity index (χ0v) is 12.7. The van der Waals surface area contributed by atoms with Crippen LogP contribution < -0.4 is 10.1 Å². The molecule has 0 saturated heterocycles. The Labute approximate surface area is 122 Å². The Kier molecular flexibility index (Phi) is 6.34. The van der Waals surface area contributed by atoms with Crippen LogP contribution in [0.2, 0.25) is 0 Å². The molecule has 0 spiro atoms. The number of hydrogen-bond acceptors (Lipinski definition) is 3. The lowest BCUT2D eigenvalue weighted by Crippen LogP contribution is -2.23. The predicted octanol–water partition coefficient (Wildman–Crippen LogP) is 3.55. The van der Waals surface area contributed by atoms with Gasteiger partial charge in [0.05, 0.1) is 19.8 Å². The van der Waals surface area contributed by atoms with Crippen molar-refractivity contribution in [1.29, 1.82) is 0 Å². The fraction of sp³-hybridized carbons (Fsp3) is 0.647. The van der Waals surface area contributed by atoms with E-state index in [4.69, 9.17) is 9.47 Å². The monoisotopic (exact) mass is 277 g/mol. The fourth-order valence-electron chi connectivity index (χ4n) is 2.98. The smallest absolute Gasteiger partial charge is 0.124 e. The minimum absolute atomic E-state index is 0.0677. The molecule has 2 rings (SSSR count). The molecule has 3 nitrogen and oxygen atoms in total. The van der Waals surface area contributed by atoms with Gasteiger partial charge in [-0.2, -0.15) is 0 Å². The van der Waals surface area contributed by atoms with Crippen LogP contribution in [0.1, 0.15) is 43.8 Å². The summed E-state index contributed by atoms with van der Waals surface area (Å²) in [6.07, 6.45) is 6.82. The van der Waals surface area contributed by atoms with Crippen molar-refractivity contribution >= 4 is 0 Å². The van der Waals surface area contributed by atoms with Crippen molar-refractivity contribution in [1.82, 2.24) is 5.32 Å². The topological polar surface area (TPSA) is 30.5 Å². The van der Waals surface area contributed by atoms with Crippen molar-refractivity contribution in [3.63, 3.8) is 0 Å². The van der Waals surface area contributed by atoms with Crippen molar-refractivity contribution in [2.75, 3.05) is 27.3 Å². The summed E-state index contributed by atoms with van der Waals surface area (Å²) in [5.74, 6) is 1.65. The molecule has 0 amide bonds. The average molecular weight is 277 g/mol. The van der Waals surface area contributed by atoms with Gasteiger partial charge in [-0.15, -0.1) is 0 Å². The molecular formula is C17H27NO2. The molecule has 0 heterocycles. The van der Waals surface area contributed by atoms with Crippen molar-refractivity contribution in [3.8, 4) is 5.75 Å². The summed E-state index contributed by atoms with van der Waals surface area (Å²) in [7, 11) is 3.68. The highest BCUT2D eigenvalue weighted by atomic mass is 16.5. The maximum absolute atomic E-state index is 6.21. The first-order chi connectivity index (χ1) is 9.85. The molecule has 1 N–H and O–H groups in total. The predicted molar refractivity (Wildman–Crippen MR) is 82.2 cm³/mol. The van der Waals surface area contributed by atoms with E-state index in [0.29, 0.717) is 0 Å². The Morgan fingerprint density at radius 3 is 2.65 bits per heavy atom. The third-order valence-corrected chi connectivity index (χ3v) is 4.13. The van der Waals surface area contributed by atoms with Crippen LogP contribution in [0.4, 0.5) is 0 Å². The lowest BCUT2D eigenvalue weighted by atomic mass is 9.90. The Bertz CT molecular complexity index is 388. The van der Waals surface area contributed by atoms with Crippen molar-refractivity contribution in [2.45, 2.75) is 38.2 Å². The lowest BCUT2D eigenvalue weighted by Gasteiger charge is -2.26. The second-order valence-electron chi connectivity index (χ2n) is 5.63. The molecule has 1 aromatic carbocycles. The molecular weight excluding hydrogens is 250 g/mol. The van der Waals surface area contributed by atoms with Gasteiger partial charge in [0.1, 0.15) is 5.75 Å². The summed E-state index contributed by atoms with van der Waals surface area (Å²) in [5.41, 5.74) is 1.14. The van der Waals surface area contributed by atoms with E-state index in [0.717, 1.165) is 30.4 Å². The third kappa shape index (κ3) is 4.22. The summed E-state index contributed by atoms with van der Waals surface area (Å²) >= 11 is 0. The van der Waals surface area contributed by atoms with E-state index in [1.54, 1.807) is 7.11 Å². The van der Waals surface area contributed by atoms with Gasteiger partial charge in [0.2, 0.25) is 0 Å². The summed E-state index contributed by atoms with van der Waals surface area (Å²) in [5, 5.41) is 3.22. The number of methoxy groups -OCH3 is 1. The summed E-state index contributed by atoms with van der Waals surface area (Å²) < 4.78 is 11.7. The molecule has 1 aliphatic rings. The van der Waals surface area contributed by atoms with Crippen LogP contribution in [-0.2, 0) is 4.74 Å². The van der Waals surface area contributed by atoms with Crippen molar-refractivity contribution in [2.24, 2.45) is 5.92 Å². The van der Waals surface area contributed by atoms with Gasteiger partial charge in [-0.05, 0) is 31.9 Å². The summed E-state index contributed by atoms with van der Waals surface area (Å²) in [6.45, 7) is 1.68. The van der Waals surface area contributed by atoms with E-state index in [-0.39, 0.29) is 6.10 Å². The van der Waals surface area contributed by atoms with Crippen LogP contribution in [0, 0.1) is 5.92 Å². The number of benzene rings is 1. The normalized spacial score (nSPS) is 17.9. The van der Waals surface area contributed by atoms with Crippen LogP contribution >= 0.6 is 0 Å². The van der Waals surface area contributed by atoms with Gasteiger partial charge in [-0.3, -0.25) is 0 Å². The standard InChI is InChI=1S/C17H27NO2/c1-18-12-17(15-10-6-7-11-16(15)19-2)20-13-14-8-4-3-5-9-14/h6-7,10-11,14,17-18H,3-5,8-9,12-13H2,1-2H3. The minimum atomic E-state index is 0.0677. The molecule has 1 aliphatic carbocycles. The molecule has 1 fully saturated rings. The molecule has 1 atom stereocenters. The molecule has 1 aromatic rings. The molecule has 1 unspecified atom stereocenters. The first kappa shape index (κ1) is 15.3. The van der Waals surface area contributed by atoms with Gasteiger partial charge in [0, 0.05) is 12.1 Å². The maximum Gasteiger partial charge on any atom is 0.124 e. The average Bonchev–Trinajstić information content (AvgIpc) is 2.52. The van der Waals surface area contributed by atoms with Crippen molar-refractivity contribution < 1.29 is 9.47 Å². The number of likely N-dealkylation sites (N-methyl/N-ethyl adjacent to an activating group) is 1. The minimum Gasteiger partial charge on any atom is -0.496 e. The quantitative estimate of drug-likeness (QED) is 0.826. The lowest BCUT2D eigenvalue weighted by molar-refractivity contribution is 0.0197. The molecule has 0 aliphatic heterocycles. The van der Waals surface area contributed by atoms with Crippen molar-refractivity contribution in [3.05, 3.63) is 29.8 Å². The molecule has 0 radical (unpaired) electrons. The van der Waals surface area contributed by atoms with Gasteiger partial charge in [0.15, 0.2) is 0 Å². The number of ether oxygens (including phenoxy) is 2. The van der Waals surface area contributed by atoms with Crippen LogP contribution in [0.3, 0.4) is 0 Å². The number of nitrogens with one attached hydrogen (secondary N) is 1. The molecule has 3 heteroatoms. The van der Waals surface area contributed by atoms with Crippen LogP contribution in [0.15, 0.2) is 24.3 Å². The second-order valence-corrected chi connectivity index (χ2v) is 5.63. The number of hydrogen-bond donors (Lipinski definition) is 1. The van der Waals surface area contributed by atoms with Gasteiger partial charge < -0.3 is 14.8 Å². The molecule has 20 heavy (non-hydrogen) atoms. The van der Waals surface area contributed by atoms with E-state index >= 15 is 0 Å². The highest BCUT2D eigenvalue weighted by Crippen LogP contribution is 2.30. The second kappa shape index (κ2) is 8.28. The van der Waals surface area contributed by atoms with E-state index in [9.17, 15) is 0 Å². The van der Waals surface area contributed by atoms with Gasteiger partial charge in [-0.1, -0.05) is 37.5 Å². The zero-order valence-electron chi connectivity index (χ0n) is 12.7. The third-order valence-electron chi connectivity index (χ3n) is 4.13. The largest absolute Gasteiger partial charge is 0.496 e. The summed E-state index contributed by atoms with van der Waals surface area (Å²) in [6, 6.07) is 8.15. The maximum atomic E-state index is 6.21. The Morgan fingerprint density at radius 1 is 1.20 bits per heavy atom. The Hall–Kier alpha value is -1.06. The molecule has 0 bridgehead atoms. The number of para-hydroxylation sites is 1. The molecule has 112 valence electrons. The van der Waals surface area contributed by atoms with Crippen LogP contribution in [0.25, 0.3) is 0 Å². The first-order valence-electron chi connectivity index (χ1n) is 7.74. The number of rotatable bonds is 7. The van der Waals surface area contributed by atoms with E-state index in [2.05, 4.69) is 11.4 Å². The fourth-order valence-corrected chi connectivity index (χ4v) is 2.98. The van der Waals surface area contributed by atoms with E-state index in [1.807, 2.05) is 25.2 Å². The Morgan fingerprint density at radius 2 is 1.95 bits per heavy atom. The van der Waals surface area contributed by atoms with Crippen LogP contribution in [0.5, 0.6) is 5.75 Å².